The highest BCUT2D eigenvalue weighted by Crippen LogP contribution is 2.28. The molecule has 0 radical (unpaired) electrons. The zero-order chi connectivity index (χ0) is 17.9. The van der Waals surface area contributed by atoms with Crippen LogP contribution in [0, 0.1) is 5.92 Å². The number of hydrogen-bond donors (Lipinski definition) is 3. The Morgan fingerprint density at radius 1 is 1.24 bits per heavy atom. The van der Waals surface area contributed by atoms with Gasteiger partial charge in [-0.25, -0.2) is 9.98 Å². The summed E-state index contributed by atoms with van der Waals surface area (Å²) >= 11 is 0. The number of amides is 1. The Morgan fingerprint density at radius 2 is 2.04 bits per heavy atom. The molecule has 1 aromatic heterocycles. The van der Waals surface area contributed by atoms with E-state index in [0.717, 1.165) is 37.3 Å². The Balaban J connectivity index is 1.74. The minimum Gasteiger partial charge on any atom is -0.478 e. The maximum atomic E-state index is 11.6. The maximum absolute atomic E-state index is 11.6. The van der Waals surface area contributed by atoms with E-state index in [1.165, 1.54) is 0 Å². The van der Waals surface area contributed by atoms with Crippen molar-refractivity contribution >= 4 is 11.9 Å². The van der Waals surface area contributed by atoms with E-state index in [1.807, 2.05) is 19.1 Å². The van der Waals surface area contributed by atoms with Crippen molar-refractivity contribution in [2.45, 2.75) is 39.7 Å². The molecule has 7 heteroatoms. The molecule has 1 fully saturated rings. The second-order valence-electron chi connectivity index (χ2n) is 6.04. The van der Waals surface area contributed by atoms with E-state index in [2.05, 4.69) is 32.9 Å². The number of nitrogens with one attached hydrogen (secondary N) is 3. The highest BCUT2D eigenvalue weighted by Gasteiger charge is 2.28. The number of nitrogens with zero attached hydrogens (tertiary/aromatic N) is 2. The molecule has 0 unspecified atom stereocenters. The van der Waals surface area contributed by atoms with Gasteiger partial charge in [0.25, 0.3) is 0 Å². The van der Waals surface area contributed by atoms with Crippen molar-refractivity contribution in [2.75, 3.05) is 26.2 Å². The van der Waals surface area contributed by atoms with Crippen LogP contribution in [0.25, 0.3) is 0 Å². The summed E-state index contributed by atoms with van der Waals surface area (Å²) in [6.07, 6.45) is 4.81. The van der Waals surface area contributed by atoms with E-state index in [-0.39, 0.29) is 11.8 Å². The van der Waals surface area contributed by atoms with Crippen LogP contribution in [0.15, 0.2) is 23.3 Å². The second kappa shape index (κ2) is 10.5. The van der Waals surface area contributed by atoms with Crippen LogP contribution in [0.5, 0.6) is 5.88 Å². The SMILES string of the molecule is CCCOc1ccc(CN=C(NCC)NCCNC(=O)C2CC2)cn1. The molecule has 25 heavy (non-hydrogen) atoms. The van der Waals surface area contributed by atoms with Gasteiger partial charge < -0.3 is 20.7 Å². The van der Waals surface area contributed by atoms with E-state index >= 15 is 0 Å². The number of hydrogen-bond acceptors (Lipinski definition) is 4. The van der Waals surface area contributed by atoms with Crippen molar-refractivity contribution in [1.29, 1.82) is 0 Å². The fourth-order valence-corrected chi connectivity index (χ4v) is 2.17. The maximum Gasteiger partial charge on any atom is 0.223 e. The van der Waals surface area contributed by atoms with Crippen molar-refractivity contribution in [3.8, 4) is 5.88 Å². The molecule has 1 aliphatic carbocycles. The summed E-state index contributed by atoms with van der Waals surface area (Å²) < 4.78 is 5.47. The van der Waals surface area contributed by atoms with Gasteiger partial charge in [-0.1, -0.05) is 13.0 Å². The van der Waals surface area contributed by atoms with E-state index in [1.54, 1.807) is 6.20 Å². The first-order valence-corrected chi connectivity index (χ1v) is 9.10. The third-order valence-corrected chi connectivity index (χ3v) is 3.68. The molecule has 0 aliphatic heterocycles. The van der Waals surface area contributed by atoms with Crippen molar-refractivity contribution in [1.82, 2.24) is 20.9 Å². The number of aromatic nitrogens is 1. The predicted octanol–water partition coefficient (Wildman–Crippen LogP) is 1.45. The number of carbonyl (C=O) groups is 1. The summed E-state index contributed by atoms with van der Waals surface area (Å²) in [7, 11) is 0. The Hall–Kier alpha value is -2.31. The highest BCUT2D eigenvalue weighted by molar-refractivity contribution is 5.81. The molecule has 0 bridgehead atoms. The number of guanidine groups is 1. The van der Waals surface area contributed by atoms with E-state index < -0.39 is 0 Å². The van der Waals surface area contributed by atoms with E-state index in [0.29, 0.717) is 32.1 Å². The Bertz CT molecular complexity index is 555. The summed E-state index contributed by atoms with van der Waals surface area (Å²) in [6.45, 7) is 7.32. The molecule has 0 spiro atoms. The third kappa shape index (κ3) is 7.41. The average molecular weight is 347 g/mol. The zero-order valence-electron chi connectivity index (χ0n) is 15.2. The average Bonchev–Trinajstić information content (AvgIpc) is 3.47. The molecule has 0 saturated heterocycles. The van der Waals surface area contributed by atoms with Gasteiger partial charge in [-0.2, -0.15) is 0 Å². The van der Waals surface area contributed by atoms with Crippen molar-refractivity contribution < 1.29 is 9.53 Å². The van der Waals surface area contributed by atoms with Gasteiger partial charge >= 0.3 is 0 Å². The van der Waals surface area contributed by atoms with Crippen molar-refractivity contribution in [2.24, 2.45) is 10.9 Å². The van der Waals surface area contributed by atoms with Crippen LogP contribution >= 0.6 is 0 Å². The summed E-state index contributed by atoms with van der Waals surface area (Å²) in [5.74, 6) is 1.79. The van der Waals surface area contributed by atoms with Gasteiger partial charge in [-0.3, -0.25) is 4.79 Å². The van der Waals surface area contributed by atoms with Crippen LogP contribution in [0.3, 0.4) is 0 Å². The van der Waals surface area contributed by atoms with Crippen LogP contribution in [-0.4, -0.2) is 43.1 Å². The molecule has 1 aliphatic rings. The largest absolute Gasteiger partial charge is 0.478 e. The third-order valence-electron chi connectivity index (χ3n) is 3.68. The fraction of sp³-hybridized carbons (Fsp3) is 0.611. The molecule has 3 N–H and O–H groups in total. The summed E-state index contributed by atoms with van der Waals surface area (Å²) in [6, 6.07) is 3.84. The molecule has 7 nitrogen and oxygen atoms in total. The van der Waals surface area contributed by atoms with Gasteiger partial charge in [-0.15, -0.1) is 0 Å². The Labute approximate surface area is 149 Å². The standard InChI is InChI=1S/C18H29N5O2/c1-3-11-25-16-8-5-14(12-22-16)13-23-18(19-4-2)21-10-9-20-17(24)15-6-7-15/h5,8,12,15H,3-4,6-7,9-11,13H2,1-2H3,(H,20,24)(H2,19,21,23). The quantitative estimate of drug-likeness (QED) is 0.339. The first kappa shape index (κ1) is 19.0. The van der Waals surface area contributed by atoms with Crippen molar-refractivity contribution in [3.63, 3.8) is 0 Å². The lowest BCUT2D eigenvalue weighted by atomic mass is 10.3. The van der Waals surface area contributed by atoms with Crippen LogP contribution in [0.4, 0.5) is 0 Å². The molecule has 0 aromatic carbocycles. The van der Waals surface area contributed by atoms with E-state index in [4.69, 9.17) is 4.74 Å². The van der Waals surface area contributed by atoms with Gasteiger partial charge in [0.1, 0.15) is 0 Å². The lowest BCUT2D eigenvalue weighted by Gasteiger charge is -2.12. The van der Waals surface area contributed by atoms with Crippen LogP contribution in [0.1, 0.15) is 38.7 Å². The highest BCUT2D eigenvalue weighted by atomic mass is 16.5. The van der Waals surface area contributed by atoms with Crippen LogP contribution in [-0.2, 0) is 11.3 Å². The van der Waals surface area contributed by atoms with E-state index in [9.17, 15) is 4.79 Å². The molecule has 1 saturated carbocycles. The summed E-state index contributed by atoms with van der Waals surface area (Å²) in [5.41, 5.74) is 1.02. The minimum absolute atomic E-state index is 0.167. The zero-order valence-corrected chi connectivity index (χ0v) is 15.2. The van der Waals surface area contributed by atoms with Crippen LogP contribution < -0.4 is 20.7 Å². The van der Waals surface area contributed by atoms with Crippen molar-refractivity contribution in [3.05, 3.63) is 23.9 Å². The number of rotatable bonds is 10. The molecule has 138 valence electrons. The van der Waals surface area contributed by atoms with Gasteiger partial charge in [0.15, 0.2) is 5.96 Å². The van der Waals surface area contributed by atoms with Gasteiger partial charge in [0, 0.05) is 37.8 Å². The first-order chi connectivity index (χ1) is 12.2. The molecule has 2 rings (SSSR count). The lowest BCUT2D eigenvalue weighted by molar-refractivity contribution is -0.122. The Kier molecular flexibility index (Phi) is 8.01. The molecular weight excluding hydrogens is 318 g/mol. The number of ether oxygens (including phenoxy) is 1. The predicted molar refractivity (Wildman–Crippen MR) is 98.6 cm³/mol. The molecular formula is C18H29N5O2. The summed E-state index contributed by atoms with van der Waals surface area (Å²) in [4.78, 5) is 20.4. The smallest absolute Gasteiger partial charge is 0.223 e. The molecule has 1 amide bonds. The van der Waals surface area contributed by atoms with Gasteiger partial charge in [0.2, 0.25) is 11.8 Å². The Morgan fingerprint density at radius 3 is 2.68 bits per heavy atom. The lowest BCUT2D eigenvalue weighted by Crippen LogP contribution is -2.41. The number of aliphatic imine (C=N–C) groups is 1. The van der Waals surface area contributed by atoms with Gasteiger partial charge in [-0.05, 0) is 31.7 Å². The second-order valence-corrected chi connectivity index (χ2v) is 6.04. The minimum atomic E-state index is 0.167. The number of carbonyl (C=O) groups excluding carboxylic acids is 1. The van der Waals surface area contributed by atoms with Gasteiger partial charge in [0.05, 0.1) is 13.2 Å². The number of pyridine rings is 1. The fourth-order valence-electron chi connectivity index (χ4n) is 2.17. The normalized spacial score (nSPS) is 14.1. The molecule has 1 aromatic rings. The van der Waals surface area contributed by atoms with Crippen LogP contribution in [0.2, 0.25) is 0 Å². The molecule has 0 atom stereocenters. The first-order valence-electron chi connectivity index (χ1n) is 9.10. The monoisotopic (exact) mass is 347 g/mol. The summed E-state index contributed by atoms with van der Waals surface area (Å²) in [5, 5.41) is 9.35. The topological polar surface area (TPSA) is 87.6 Å². The molecule has 1 heterocycles.